The highest BCUT2D eigenvalue weighted by Gasteiger charge is 2.32. The lowest BCUT2D eigenvalue weighted by atomic mass is 10.2. The summed E-state index contributed by atoms with van der Waals surface area (Å²) in [6, 6.07) is 11.0. The lowest BCUT2D eigenvalue weighted by Gasteiger charge is -2.34. The third-order valence-electron chi connectivity index (χ3n) is 4.73. The molecule has 2 aromatic carbocycles. The Bertz CT molecular complexity index is 992. The number of rotatable bonds is 6. The molecule has 1 fully saturated rings. The summed E-state index contributed by atoms with van der Waals surface area (Å²) in [5.74, 6) is 0.610. The highest BCUT2D eigenvalue weighted by atomic mass is 32.2. The van der Waals surface area contributed by atoms with Gasteiger partial charge in [0.2, 0.25) is 10.0 Å². The zero-order chi connectivity index (χ0) is 21.9. The first-order valence-corrected chi connectivity index (χ1v) is 11.0. The van der Waals surface area contributed by atoms with Gasteiger partial charge in [0.05, 0.1) is 31.3 Å². The van der Waals surface area contributed by atoms with Gasteiger partial charge < -0.3 is 19.5 Å². The van der Waals surface area contributed by atoms with Crippen molar-refractivity contribution in [3.8, 4) is 11.5 Å². The summed E-state index contributed by atoms with van der Waals surface area (Å²) in [6.07, 6.45) is -0.393. The molecule has 1 aliphatic heterocycles. The van der Waals surface area contributed by atoms with E-state index in [0.717, 1.165) is 0 Å². The molecule has 0 aliphatic carbocycles. The molecule has 0 spiro atoms. The first kappa shape index (κ1) is 22.1. The molecule has 2 unspecified atom stereocenters. The smallest absolute Gasteiger partial charge is 0.255 e. The highest BCUT2D eigenvalue weighted by molar-refractivity contribution is 7.89. The average Bonchev–Trinajstić information content (AvgIpc) is 2.72. The molecule has 9 heteroatoms. The van der Waals surface area contributed by atoms with Crippen LogP contribution in [-0.2, 0) is 14.8 Å². The maximum Gasteiger partial charge on any atom is 0.255 e. The fraction of sp³-hybridized carbons (Fsp3) is 0.381. The molecule has 2 atom stereocenters. The Balaban J connectivity index is 1.84. The van der Waals surface area contributed by atoms with E-state index in [4.69, 9.17) is 14.2 Å². The number of nitrogens with zero attached hydrogens (tertiary/aromatic N) is 1. The third kappa shape index (κ3) is 4.92. The van der Waals surface area contributed by atoms with Crippen LogP contribution >= 0.6 is 0 Å². The summed E-state index contributed by atoms with van der Waals surface area (Å²) in [7, 11) is -0.713. The number of hydrogen-bond acceptors (Lipinski definition) is 6. The first-order valence-electron chi connectivity index (χ1n) is 9.53. The summed E-state index contributed by atoms with van der Waals surface area (Å²) in [6.45, 7) is 4.22. The number of hydrogen-bond donors (Lipinski definition) is 1. The predicted molar refractivity (Wildman–Crippen MR) is 113 cm³/mol. The summed E-state index contributed by atoms with van der Waals surface area (Å²) in [4.78, 5) is 12.8. The Morgan fingerprint density at radius 3 is 2.20 bits per heavy atom. The van der Waals surface area contributed by atoms with Crippen molar-refractivity contribution in [2.24, 2.45) is 0 Å². The third-order valence-corrected chi connectivity index (χ3v) is 6.56. The largest absolute Gasteiger partial charge is 0.497 e. The molecule has 0 radical (unpaired) electrons. The number of anilines is 1. The number of benzene rings is 2. The molecule has 1 saturated heterocycles. The van der Waals surface area contributed by atoms with Crippen LogP contribution in [0.15, 0.2) is 47.4 Å². The van der Waals surface area contributed by atoms with Crippen molar-refractivity contribution < 1.29 is 27.4 Å². The minimum absolute atomic E-state index is 0.0691. The van der Waals surface area contributed by atoms with Crippen LogP contribution in [0.25, 0.3) is 0 Å². The number of sulfonamides is 1. The van der Waals surface area contributed by atoms with Crippen LogP contribution in [0.4, 0.5) is 5.69 Å². The fourth-order valence-electron chi connectivity index (χ4n) is 3.36. The Morgan fingerprint density at radius 1 is 1.03 bits per heavy atom. The normalized spacial score (nSPS) is 19.9. The summed E-state index contributed by atoms with van der Waals surface area (Å²) in [5, 5.41) is 2.75. The van der Waals surface area contributed by atoms with Gasteiger partial charge in [0.15, 0.2) is 0 Å². The number of ether oxygens (including phenoxy) is 3. The molecule has 0 aromatic heterocycles. The van der Waals surface area contributed by atoms with E-state index in [1.165, 1.54) is 30.7 Å². The Kier molecular flexibility index (Phi) is 6.64. The predicted octanol–water partition coefficient (Wildman–Crippen LogP) is 2.75. The molecule has 1 N–H and O–H groups in total. The van der Waals surface area contributed by atoms with Crippen molar-refractivity contribution in [1.29, 1.82) is 0 Å². The van der Waals surface area contributed by atoms with Gasteiger partial charge in [-0.2, -0.15) is 4.31 Å². The van der Waals surface area contributed by atoms with Gasteiger partial charge in [0.1, 0.15) is 11.5 Å². The van der Waals surface area contributed by atoms with Crippen molar-refractivity contribution >= 4 is 21.6 Å². The van der Waals surface area contributed by atoms with E-state index in [-0.39, 0.29) is 35.8 Å². The van der Waals surface area contributed by atoms with E-state index in [9.17, 15) is 13.2 Å². The van der Waals surface area contributed by atoms with Gasteiger partial charge in [0.25, 0.3) is 5.91 Å². The number of amides is 1. The molecular weight excluding hydrogens is 408 g/mol. The molecule has 1 aliphatic rings. The van der Waals surface area contributed by atoms with E-state index in [1.54, 1.807) is 30.3 Å². The number of carbonyl (C=O) groups is 1. The summed E-state index contributed by atoms with van der Waals surface area (Å²) >= 11 is 0. The van der Waals surface area contributed by atoms with Gasteiger partial charge in [-0.15, -0.1) is 0 Å². The molecule has 3 rings (SSSR count). The van der Waals surface area contributed by atoms with Gasteiger partial charge in [-0.25, -0.2) is 8.42 Å². The maximum absolute atomic E-state index is 13.1. The van der Waals surface area contributed by atoms with Crippen LogP contribution < -0.4 is 14.8 Å². The molecule has 0 bridgehead atoms. The number of carbonyl (C=O) groups excluding carboxylic acids is 1. The molecule has 1 amide bonds. The standard InChI is InChI=1S/C21H26N2O6S/c1-14-12-23(13-15(2)29-14)30(25,26)20-7-5-6-16(8-20)21(24)22-17-9-18(27-3)11-19(10-17)28-4/h5-11,14-15H,12-13H2,1-4H3,(H,22,24). The van der Waals surface area contributed by atoms with Crippen LogP contribution in [0.3, 0.4) is 0 Å². The SMILES string of the molecule is COc1cc(NC(=O)c2cccc(S(=O)(=O)N3CC(C)OC(C)C3)c2)cc(OC)c1. The average molecular weight is 435 g/mol. The highest BCUT2D eigenvalue weighted by Crippen LogP contribution is 2.27. The van der Waals surface area contributed by atoms with E-state index < -0.39 is 15.9 Å². The second-order valence-electron chi connectivity index (χ2n) is 7.16. The van der Waals surface area contributed by atoms with Gasteiger partial charge >= 0.3 is 0 Å². The van der Waals surface area contributed by atoms with E-state index >= 15 is 0 Å². The minimum Gasteiger partial charge on any atom is -0.497 e. The number of morpholine rings is 1. The van der Waals surface area contributed by atoms with Crippen molar-refractivity contribution in [3.05, 3.63) is 48.0 Å². The molecule has 0 saturated carbocycles. The summed E-state index contributed by atoms with van der Waals surface area (Å²) in [5.41, 5.74) is 0.701. The molecule has 162 valence electrons. The molecule has 1 heterocycles. The van der Waals surface area contributed by atoms with Crippen LogP contribution in [0, 0.1) is 0 Å². The van der Waals surface area contributed by atoms with E-state index in [1.807, 2.05) is 13.8 Å². The monoisotopic (exact) mass is 434 g/mol. The second-order valence-corrected chi connectivity index (χ2v) is 9.10. The van der Waals surface area contributed by atoms with E-state index in [0.29, 0.717) is 17.2 Å². The maximum atomic E-state index is 13.1. The van der Waals surface area contributed by atoms with Crippen molar-refractivity contribution in [3.63, 3.8) is 0 Å². The Morgan fingerprint density at radius 2 is 1.63 bits per heavy atom. The first-order chi connectivity index (χ1) is 14.2. The molecule has 2 aromatic rings. The molecular formula is C21H26N2O6S. The van der Waals surface area contributed by atoms with Gasteiger partial charge in [0, 0.05) is 42.5 Å². The summed E-state index contributed by atoms with van der Waals surface area (Å²) < 4.78 is 43.6. The van der Waals surface area contributed by atoms with Crippen LogP contribution in [0.1, 0.15) is 24.2 Å². The van der Waals surface area contributed by atoms with Gasteiger partial charge in [-0.1, -0.05) is 6.07 Å². The van der Waals surface area contributed by atoms with Crippen LogP contribution in [-0.4, -0.2) is 58.1 Å². The topological polar surface area (TPSA) is 94.2 Å². The quantitative estimate of drug-likeness (QED) is 0.751. The molecule has 30 heavy (non-hydrogen) atoms. The van der Waals surface area contributed by atoms with Gasteiger partial charge in [-0.3, -0.25) is 4.79 Å². The lowest BCUT2D eigenvalue weighted by molar-refractivity contribution is -0.0440. The number of nitrogens with one attached hydrogen (secondary N) is 1. The van der Waals surface area contributed by atoms with Crippen LogP contribution in [0.2, 0.25) is 0 Å². The zero-order valence-corrected chi connectivity index (χ0v) is 18.2. The zero-order valence-electron chi connectivity index (χ0n) is 17.4. The molecule has 8 nitrogen and oxygen atoms in total. The lowest BCUT2D eigenvalue weighted by Crippen LogP contribution is -2.48. The van der Waals surface area contributed by atoms with Gasteiger partial charge in [-0.05, 0) is 32.0 Å². The van der Waals surface area contributed by atoms with Crippen molar-refractivity contribution in [2.75, 3.05) is 32.6 Å². The minimum atomic E-state index is -3.74. The fourth-order valence-corrected chi connectivity index (χ4v) is 4.99. The second kappa shape index (κ2) is 9.03. The van der Waals surface area contributed by atoms with Crippen molar-refractivity contribution in [2.45, 2.75) is 31.0 Å². The van der Waals surface area contributed by atoms with Crippen LogP contribution in [0.5, 0.6) is 11.5 Å². The van der Waals surface area contributed by atoms with Crippen molar-refractivity contribution in [1.82, 2.24) is 4.31 Å². The number of methoxy groups -OCH3 is 2. The Hall–Kier alpha value is -2.62. The van der Waals surface area contributed by atoms with E-state index in [2.05, 4.69) is 5.32 Å². The Labute approximate surface area is 176 Å².